The van der Waals surface area contributed by atoms with Crippen molar-refractivity contribution in [2.24, 2.45) is 0 Å². The number of hydrogen-bond acceptors (Lipinski definition) is 2. The van der Waals surface area contributed by atoms with E-state index >= 15 is 0 Å². The average molecular weight is 279 g/mol. The molecule has 0 aliphatic rings. The third-order valence-electron chi connectivity index (χ3n) is 3.72. The first-order valence-corrected chi connectivity index (χ1v) is 7.45. The Hall–Kier alpha value is -2.13. The van der Waals surface area contributed by atoms with Gasteiger partial charge in [-0.1, -0.05) is 56.3 Å². The molecule has 21 heavy (non-hydrogen) atoms. The Balaban J connectivity index is 2.02. The molecule has 0 amide bonds. The fraction of sp³-hybridized carbons (Fsp3) is 0.278. The quantitative estimate of drug-likeness (QED) is 0.773. The van der Waals surface area contributed by atoms with Crippen LogP contribution in [0.3, 0.4) is 0 Å². The maximum absolute atomic E-state index is 4.53. The van der Waals surface area contributed by atoms with Gasteiger partial charge >= 0.3 is 0 Å². The lowest BCUT2D eigenvalue weighted by Crippen LogP contribution is -2.30. The first-order valence-electron chi connectivity index (χ1n) is 7.45. The second-order valence-corrected chi connectivity index (χ2v) is 5.63. The minimum atomic E-state index is 0.251. The van der Waals surface area contributed by atoms with Gasteiger partial charge in [-0.05, 0) is 17.7 Å². The van der Waals surface area contributed by atoms with Crippen LogP contribution in [0.25, 0.3) is 11.0 Å². The van der Waals surface area contributed by atoms with Gasteiger partial charge < -0.3 is 9.88 Å². The summed E-state index contributed by atoms with van der Waals surface area (Å²) in [5, 5.41) is 3.55. The van der Waals surface area contributed by atoms with E-state index in [1.165, 1.54) is 11.1 Å². The van der Waals surface area contributed by atoms with Crippen LogP contribution in [0.1, 0.15) is 25.5 Å². The molecule has 1 N–H and O–H groups in total. The van der Waals surface area contributed by atoms with Crippen molar-refractivity contribution in [3.8, 4) is 0 Å². The van der Waals surface area contributed by atoms with Gasteiger partial charge in [0.1, 0.15) is 0 Å². The predicted molar refractivity (Wildman–Crippen MR) is 87.5 cm³/mol. The van der Waals surface area contributed by atoms with E-state index in [0.717, 1.165) is 12.1 Å². The highest BCUT2D eigenvalue weighted by Gasteiger charge is 2.16. The maximum atomic E-state index is 4.53. The number of benzene rings is 2. The zero-order chi connectivity index (χ0) is 14.7. The molecular weight excluding hydrogens is 258 g/mol. The molecule has 0 bridgehead atoms. The van der Waals surface area contributed by atoms with E-state index in [9.17, 15) is 0 Å². The van der Waals surface area contributed by atoms with E-state index in [1.54, 1.807) is 0 Å². The van der Waals surface area contributed by atoms with E-state index in [4.69, 9.17) is 0 Å². The second kappa shape index (κ2) is 6.10. The number of fused-ring (bicyclic) bond motifs is 1. The lowest BCUT2D eigenvalue weighted by molar-refractivity contribution is 0.493. The van der Waals surface area contributed by atoms with Crippen LogP contribution in [0.5, 0.6) is 0 Å². The van der Waals surface area contributed by atoms with Gasteiger partial charge in [-0.25, -0.2) is 4.98 Å². The highest BCUT2D eigenvalue weighted by molar-refractivity contribution is 5.75. The van der Waals surface area contributed by atoms with Crippen LogP contribution in [-0.2, 0) is 0 Å². The molecule has 0 saturated carbocycles. The fourth-order valence-electron chi connectivity index (χ4n) is 2.63. The van der Waals surface area contributed by atoms with Gasteiger partial charge in [-0.3, -0.25) is 0 Å². The number of para-hydroxylation sites is 2. The Kier molecular flexibility index (Phi) is 4.02. The summed E-state index contributed by atoms with van der Waals surface area (Å²) in [6.07, 6.45) is 1.95. The highest BCUT2D eigenvalue weighted by atomic mass is 15.1. The number of imidazole rings is 1. The Morgan fingerprint density at radius 1 is 1.00 bits per heavy atom. The fourth-order valence-corrected chi connectivity index (χ4v) is 2.63. The zero-order valence-electron chi connectivity index (χ0n) is 12.5. The molecule has 3 nitrogen and oxygen atoms in total. The van der Waals surface area contributed by atoms with Gasteiger partial charge in [0, 0.05) is 12.6 Å². The summed E-state index contributed by atoms with van der Waals surface area (Å²) in [5.74, 6) is 0. The molecule has 108 valence electrons. The molecule has 3 aromatic rings. The number of nitrogens with one attached hydrogen (secondary N) is 1. The summed E-state index contributed by atoms with van der Waals surface area (Å²) in [4.78, 5) is 4.53. The van der Waals surface area contributed by atoms with E-state index < -0.39 is 0 Å². The van der Waals surface area contributed by atoms with E-state index in [1.807, 2.05) is 12.4 Å². The molecule has 1 heterocycles. The van der Waals surface area contributed by atoms with Gasteiger partial charge in [0.05, 0.1) is 23.4 Å². The standard InChI is InChI=1S/C18H21N3/c1-14(2)19-12-18(15-8-4-3-5-9-15)21-13-20-16-10-6-7-11-17(16)21/h3-11,13-14,18-19H,12H2,1-2H3. The average Bonchev–Trinajstić information content (AvgIpc) is 2.93. The second-order valence-electron chi connectivity index (χ2n) is 5.63. The molecule has 1 unspecified atom stereocenters. The molecule has 0 radical (unpaired) electrons. The van der Waals surface area contributed by atoms with Crippen LogP contribution < -0.4 is 5.32 Å². The third-order valence-corrected chi connectivity index (χ3v) is 3.72. The van der Waals surface area contributed by atoms with E-state index in [0.29, 0.717) is 6.04 Å². The van der Waals surface area contributed by atoms with Crippen molar-refractivity contribution in [1.29, 1.82) is 0 Å². The molecule has 0 spiro atoms. The van der Waals surface area contributed by atoms with Crippen molar-refractivity contribution >= 4 is 11.0 Å². The van der Waals surface area contributed by atoms with Crippen LogP contribution in [0.4, 0.5) is 0 Å². The summed E-state index contributed by atoms with van der Waals surface area (Å²) < 4.78 is 2.26. The van der Waals surface area contributed by atoms with Crippen molar-refractivity contribution in [3.63, 3.8) is 0 Å². The zero-order valence-corrected chi connectivity index (χ0v) is 12.5. The summed E-state index contributed by atoms with van der Waals surface area (Å²) in [6.45, 7) is 5.24. The molecule has 1 atom stereocenters. The Morgan fingerprint density at radius 2 is 1.71 bits per heavy atom. The lowest BCUT2D eigenvalue weighted by Gasteiger charge is -2.22. The SMILES string of the molecule is CC(C)NCC(c1ccccc1)n1cnc2ccccc21. The monoisotopic (exact) mass is 279 g/mol. The van der Waals surface area contributed by atoms with E-state index in [2.05, 4.69) is 77.2 Å². The molecule has 0 aliphatic carbocycles. The highest BCUT2D eigenvalue weighted by Crippen LogP contribution is 2.23. The normalized spacial score (nSPS) is 12.9. The largest absolute Gasteiger partial charge is 0.322 e. The molecule has 3 rings (SSSR count). The minimum Gasteiger partial charge on any atom is -0.322 e. The molecule has 3 heteroatoms. The Bertz CT molecular complexity index is 701. The summed E-state index contributed by atoms with van der Waals surface area (Å²) in [7, 11) is 0. The molecular formula is C18H21N3. The minimum absolute atomic E-state index is 0.251. The summed E-state index contributed by atoms with van der Waals surface area (Å²) in [5.41, 5.74) is 3.52. The van der Waals surface area contributed by atoms with Gasteiger partial charge in [0.2, 0.25) is 0 Å². The van der Waals surface area contributed by atoms with Crippen LogP contribution in [-0.4, -0.2) is 22.1 Å². The first kappa shape index (κ1) is 13.8. The lowest BCUT2D eigenvalue weighted by atomic mass is 10.1. The van der Waals surface area contributed by atoms with Crippen LogP contribution in [0.2, 0.25) is 0 Å². The third kappa shape index (κ3) is 2.98. The van der Waals surface area contributed by atoms with Crippen molar-refractivity contribution < 1.29 is 0 Å². The number of rotatable bonds is 5. The van der Waals surface area contributed by atoms with Crippen LogP contribution in [0.15, 0.2) is 60.9 Å². The number of aromatic nitrogens is 2. The maximum Gasteiger partial charge on any atom is 0.0964 e. The van der Waals surface area contributed by atoms with Crippen molar-refractivity contribution in [3.05, 3.63) is 66.5 Å². The molecule has 0 fully saturated rings. The van der Waals surface area contributed by atoms with Crippen molar-refractivity contribution in [2.75, 3.05) is 6.54 Å². The molecule has 0 aliphatic heterocycles. The molecule has 2 aromatic carbocycles. The number of nitrogens with zero attached hydrogens (tertiary/aromatic N) is 2. The molecule has 1 aromatic heterocycles. The van der Waals surface area contributed by atoms with Gasteiger partial charge in [-0.15, -0.1) is 0 Å². The predicted octanol–water partition coefficient (Wildman–Crippen LogP) is 3.62. The van der Waals surface area contributed by atoms with Gasteiger partial charge in [0.15, 0.2) is 0 Å². The smallest absolute Gasteiger partial charge is 0.0964 e. The Labute approximate surface area is 125 Å². The van der Waals surface area contributed by atoms with Crippen molar-refractivity contribution in [1.82, 2.24) is 14.9 Å². The van der Waals surface area contributed by atoms with Crippen LogP contribution >= 0.6 is 0 Å². The summed E-state index contributed by atoms with van der Waals surface area (Å²) in [6, 6.07) is 19.6. The topological polar surface area (TPSA) is 29.9 Å². The number of hydrogen-bond donors (Lipinski definition) is 1. The summed E-state index contributed by atoms with van der Waals surface area (Å²) >= 11 is 0. The van der Waals surface area contributed by atoms with Crippen molar-refractivity contribution in [2.45, 2.75) is 25.9 Å². The Morgan fingerprint density at radius 3 is 2.48 bits per heavy atom. The van der Waals surface area contributed by atoms with Crippen LogP contribution in [0, 0.1) is 0 Å². The molecule has 0 saturated heterocycles. The first-order chi connectivity index (χ1) is 10.3. The van der Waals surface area contributed by atoms with E-state index in [-0.39, 0.29) is 6.04 Å². The van der Waals surface area contributed by atoms with Gasteiger partial charge in [0.25, 0.3) is 0 Å². The van der Waals surface area contributed by atoms with Gasteiger partial charge in [-0.2, -0.15) is 0 Å².